The second-order valence-electron chi connectivity index (χ2n) is 11.2. The number of unbranched alkanes of at least 4 members (excludes halogenated alkanes) is 12. The van der Waals surface area contributed by atoms with Crippen LogP contribution in [0.4, 0.5) is 0 Å². The minimum atomic E-state index is 0.536. The summed E-state index contributed by atoms with van der Waals surface area (Å²) in [4.78, 5) is 0. The Hall–Kier alpha value is 0.519. The van der Waals surface area contributed by atoms with Crippen molar-refractivity contribution in [2.24, 2.45) is 10.8 Å². The third-order valence-corrected chi connectivity index (χ3v) is 7.85. The molecule has 0 rings (SSSR count). The molecule has 0 heterocycles. The summed E-state index contributed by atoms with van der Waals surface area (Å²) in [6, 6.07) is 0. The first kappa shape index (κ1) is 27.5. The SMILES string of the molecule is CC(C)(C)CCCCCCCCC[Se]CCCCCCCCCC(C)(C)C. The fraction of sp³-hybridized carbons (Fsp3) is 1.00. The first-order valence-corrected chi connectivity index (χ1v) is 14.7. The molecule has 0 radical (unpaired) electrons. The molecular weight excluding hydrogens is 391 g/mol. The van der Waals surface area contributed by atoms with Crippen LogP contribution in [0.25, 0.3) is 0 Å². The van der Waals surface area contributed by atoms with E-state index in [1.165, 1.54) is 103 Å². The van der Waals surface area contributed by atoms with E-state index in [2.05, 4.69) is 41.5 Å². The molecule has 0 N–H and O–H groups in total. The third kappa shape index (κ3) is 26.5. The molecule has 0 aromatic rings. The zero-order chi connectivity index (χ0) is 20.4. The van der Waals surface area contributed by atoms with Crippen LogP contribution in [0.1, 0.15) is 144 Å². The van der Waals surface area contributed by atoms with Crippen LogP contribution in [0, 0.1) is 10.8 Å². The Morgan fingerprint density at radius 1 is 0.370 bits per heavy atom. The molecule has 0 aliphatic heterocycles. The average molecular weight is 446 g/mol. The Balaban J connectivity index is 3.07. The molecule has 0 bridgehead atoms. The molecule has 0 aliphatic carbocycles. The van der Waals surface area contributed by atoms with Crippen molar-refractivity contribution in [3.8, 4) is 0 Å². The normalized spacial score (nSPS) is 12.7. The Bertz CT molecular complexity index is 264. The van der Waals surface area contributed by atoms with Crippen LogP contribution in [0.15, 0.2) is 0 Å². The summed E-state index contributed by atoms with van der Waals surface area (Å²) >= 11 is 0.944. The fourth-order valence-corrected chi connectivity index (χ4v) is 5.73. The zero-order valence-corrected chi connectivity index (χ0v) is 21.8. The van der Waals surface area contributed by atoms with E-state index in [0.29, 0.717) is 10.8 Å². The summed E-state index contributed by atoms with van der Waals surface area (Å²) in [6.07, 6.45) is 23.5. The van der Waals surface area contributed by atoms with Gasteiger partial charge in [-0.3, -0.25) is 0 Å². The Labute approximate surface area is 180 Å². The van der Waals surface area contributed by atoms with Crippen molar-refractivity contribution >= 4 is 15.0 Å². The number of rotatable bonds is 18. The standard InChI is InChI=1S/C26H54Se/c1-25(2,3)21-17-13-9-7-11-15-19-23-27-24-20-16-12-8-10-14-18-22-26(4,5)6/h7-24H2,1-6H3. The summed E-state index contributed by atoms with van der Waals surface area (Å²) in [5.41, 5.74) is 1.07. The van der Waals surface area contributed by atoms with Gasteiger partial charge in [0.15, 0.2) is 0 Å². The monoisotopic (exact) mass is 446 g/mol. The van der Waals surface area contributed by atoms with Gasteiger partial charge in [0.1, 0.15) is 0 Å². The fourth-order valence-electron chi connectivity index (χ4n) is 3.59. The first-order valence-electron chi connectivity index (χ1n) is 12.3. The predicted octanol–water partition coefficient (Wildman–Crippen LogP) is 9.86. The molecule has 0 spiro atoms. The van der Waals surface area contributed by atoms with Gasteiger partial charge in [0, 0.05) is 0 Å². The zero-order valence-electron chi connectivity index (χ0n) is 20.1. The molecule has 0 atom stereocenters. The van der Waals surface area contributed by atoms with Crippen molar-refractivity contribution in [3.63, 3.8) is 0 Å². The Kier molecular flexibility index (Phi) is 17.7. The van der Waals surface area contributed by atoms with Crippen molar-refractivity contribution in [2.45, 2.75) is 155 Å². The van der Waals surface area contributed by atoms with E-state index in [-0.39, 0.29) is 0 Å². The first-order chi connectivity index (χ1) is 12.7. The van der Waals surface area contributed by atoms with E-state index >= 15 is 0 Å². The van der Waals surface area contributed by atoms with Gasteiger partial charge >= 0.3 is 181 Å². The summed E-state index contributed by atoms with van der Waals surface area (Å²) in [7, 11) is 0. The number of hydrogen-bond donors (Lipinski definition) is 0. The molecule has 0 aromatic carbocycles. The van der Waals surface area contributed by atoms with Crippen LogP contribution in [-0.4, -0.2) is 15.0 Å². The van der Waals surface area contributed by atoms with E-state index in [4.69, 9.17) is 0 Å². The second-order valence-corrected chi connectivity index (χ2v) is 13.8. The van der Waals surface area contributed by atoms with Gasteiger partial charge in [-0.25, -0.2) is 0 Å². The maximum atomic E-state index is 2.37. The molecule has 164 valence electrons. The van der Waals surface area contributed by atoms with Crippen LogP contribution in [-0.2, 0) is 0 Å². The van der Waals surface area contributed by atoms with E-state index in [0.717, 1.165) is 15.0 Å². The van der Waals surface area contributed by atoms with E-state index < -0.39 is 0 Å². The van der Waals surface area contributed by atoms with E-state index in [9.17, 15) is 0 Å². The van der Waals surface area contributed by atoms with Crippen LogP contribution in [0.3, 0.4) is 0 Å². The summed E-state index contributed by atoms with van der Waals surface area (Å²) in [5, 5.41) is 3.09. The number of hydrogen-bond acceptors (Lipinski definition) is 0. The Morgan fingerprint density at radius 3 is 0.926 bits per heavy atom. The molecule has 27 heavy (non-hydrogen) atoms. The molecule has 0 aliphatic rings. The summed E-state index contributed by atoms with van der Waals surface area (Å²) in [6.45, 7) is 14.2. The van der Waals surface area contributed by atoms with Gasteiger partial charge in [0.05, 0.1) is 0 Å². The molecule has 1 heteroatoms. The molecule has 0 saturated carbocycles. The molecule has 0 amide bonds. The van der Waals surface area contributed by atoms with Gasteiger partial charge in [-0.2, -0.15) is 0 Å². The van der Waals surface area contributed by atoms with Crippen molar-refractivity contribution in [1.29, 1.82) is 0 Å². The van der Waals surface area contributed by atoms with Crippen LogP contribution >= 0.6 is 0 Å². The van der Waals surface area contributed by atoms with Gasteiger partial charge in [0.2, 0.25) is 0 Å². The molecule has 0 aromatic heterocycles. The topological polar surface area (TPSA) is 0 Å². The van der Waals surface area contributed by atoms with Crippen LogP contribution < -0.4 is 0 Å². The average Bonchev–Trinajstić information content (AvgIpc) is 2.55. The predicted molar refractivity (Wildman–Crippen MR) is 128 cm³/mol. The minimum absolute atomic E-state index is 0.536. The van der Waals surface area contributed by atoms with Crippen molar-refractivity contribution in [1.82, 2.24) is 0 Å². The maximum absolute atomic E-state index is 2.37. The van der Waals surface area contributed by atoms with Gasteiger partial charge in [-0.15, -0.1) is 0 Å². The van der Waals surface area contributed by atoms with Crippen molar-refractivity contribution in [3.05, 3.63) is 0 Å². The van der Waals surface area contributed by atoms with Crippen LogP contribution in [0.5, 0.6) is 0 Å². The molecule has 0 saturated heterocycles. The summed E-state index contributed by atoms with van der Waals surface area (Å²) in [5.74, 6) is 0. The molecule has 0 fully saturated rings. The molecule has 0 unspecified atom stereocenters. The molecule has 0 nitrogen and oxygen atoms in total. The van der Waals surface area contributed by atoms with Crippen molar-refractivity contribution < 1.29 is 0 Å². The van der Waals surface area contributed by atoms with Gasteiger partial charge in [-0.05, 0) is 0 Å². The summed E-state index contributed by atoms with van der Waals surface area (Å²) < 4.78 is 0. The van der Waals surface area contributed by atoms with Crippen molar-refractivity contribution in [2.75, 3.05) is 0 Å². The van der Waals surface area contributed by atoms with Gasteiger partial charge < -0.3 is 0 Å². The Morgan fingerprint density at radius 2 is 0.630 bits per heavy atom. The second kappa shape index (κ2) is 17.4. The van der Waals surface area contributed by atoms with Gasteiger partial charge in [-0.1, -0.05) is 0 Å². The quantitative estimate of drug-likeness (QED) is 0.145. The molecular formula is C26H54Se. The van der Waals surface area contributed by atoms with E-state index in [1.807, 2.05) is 0 Å². The third-order valence-electron chi connectivity index (χ3n) is 5.43. The van der Waals surface area contributed by atoms with Gasteiger partial charge in [0.25, 0.3) is 0 Å². The van der Waals surface area contributed by atoms with Crippen LogP contribution in [0.2, 0.25) is 10.6 Å². The van der Waals surface area contributed by atoms with E-state index in [1.54, 1.807) is 10.6 Å².